The van der Waals surface area contributed by atoms with Crippen molar-refractivity contribution in [2.75, 3.05) is 10.5 Å². The first-order valence-electron chi connectivity index (χ1n) is 4.95. The molecule has 0 fully saturated rings. The maximum atomic E-state index is 12.0. The minimum atomic E-state index is -3.68. The molecule has 0 unspecified atom stereocenters. The average Bonchev–Trinajstić information content (AvgIpc) is 2.67. The SMILES string of the molecule is Cn1cc(NS(=O)(=O)c2ccc(N)c(Cl)c2)cn1. The molecule has 0 amide bonds. The molecule has 3 N–H and O–H groups in total. The molecule has 18 heavy (non-hydrogen) atoms. The monoisotopic (exact) mass is 286 g/mol. The van der Waals surface area contributed by atoms with Gasteiger partial charge in [0.15, 0.2) is 0 Å². The van der Waals surface area contributed by atoms with E-state index in [9.17, 15) is 8.42 Å². The van der Waals surface area contributed by atoms with E-state index in [1.807, 2.05) is 0 Å². The predicted octanol–water partition coefficient (Wildman–Crippen LogP) is 1.46. The van der Waals surface area contributed by atoms with Gasteiger partial charge >= 0.3 is 0 Å². The van der Waals surface area contributed by atoms with E-state index in [0.29, 0.717) is 11.4 Å². The molecule has 1 aromatic carbocycles. The van der Waals surface area contributed by atoms with Crippen LogP contribution in [0.3, 0.4) is 0 Å². The van der Waals surface area contributed by atoms with Gasteiger partial charge in [0.05, 0.1) is 27.5 Å². The van der Waals surface area contributed by atoms with E-state index >= 15 is 0 Å². The number of halogens is 1. The van der Waals surface area contributed by atoms with Gasteiger partial charge in [0.2, 0.25) is 0 Å². The van der Waals surface area contributed by atoms with E-state index in [1.165, 1.54) is 29.1 Å². The van der Waals surface area contributed by atoms with E-state index in [0.717, 1.165) is 0 Å². The van der Waals surface area contributed by atoms with Crippen LogP contribution < -0.4 is 10.5 Å². The molecule has 0 saturated heterocycles. The van der Waals surface area contributed by atoms with Gasteiger partial charge in [-0.1, -0.05) is 11.6 Å². The van der Waals surface area contributed by atoms with Gasteiger partial charge in [0.1, 0.15) is 0 Å². The predicted molar refractivity (Wildman–Crippen MR) is 69.9 cm³/mol. The first-order valence-corrected chi connectivity index (χ1v) is 6.81. The Morgan fingerprint density at radius 2 is 2.17 bits per heavy atom. The van der Waals surface area contributed by atoms with Gasteiger partial charge in [0, 0.05) is 13.2 Å². The lowest BCUT2D eigenvalue weighted by atomic mass is 10.3. The van der Waals surface area contributed by atoms with E-state index in [1.54, 1.807) is 13.2 Å². The Hall–Kier alpha value is -1.73. The largest absolute Gasteiger partial charge is 0.398 e. The lowest BCUT2D eigenvalue weighted by Gasteiger charge is -2.07. The summed E-state index contributed by atoms with van der Waals surface area (Å²) in [5, 5.41) is 4.07. The second-order valence-electron chi connectivity index (χ2n) is 3.69. The summed E-state index contributed by atoms with van der Waals surface area (Å²) in [5.41, 5.74) is 6.24. The number of hydrogen-bond acceptors (Lipinski definition) is 4. The Balaban J connectivity index is 2.33. The molecule has 2 aromatic rings. The van der Waals surface area contributed by atoms with Crippen molar-refractivity contribution in [3.63, 3.8) is 0 Å². The van der Waals surface area contributed by atoms with Gasteiger partial charge in [-0.05, 0) is 18.2 Å². The van der Waals surface area contributed by atoms with E-state index < -0.39 is 10.0 Å². The number of nitrogens with two attached hydrogens (primary N) is 1. The molecule has 2 rings (SSSR count). The number of sulfonamides is 1. The summed E-state index contributed by atoms with van der Waals surface area (Å²) in [6.07, 6.45) is 2.97. The number of benzene rings is 1. The molecule has 0 saturated carbocycles. The number of anilines is 2. The van der Waals surface area contributed by atoms with E-state index in [-0.39, 0.29) is 9.92 Å². The highest BCUT2D eigenvalue weighted by atomic mass is 35.5. The molecule has 0 spiro atoms. The van der Waals surface area contributed by atoms with Crippen LogP contribution in [0.2, 0.25) is 5.02 Å². The summed E-state index contributed by atoms with van der Waals surface area (Å²) in [5.74, 6) is 0. The topological polar surface area (TPSA) is 90.0 Å². The summed E-state index contributed by atoms with van der Waals surface area (Å²) in [7, 11) is -1.99. The molecule has 0 aliphatic heterocycles. The lowest BCUT2D eigenvalue weighted by Crippen LogP contribution is -2.12. The quantitative estimate of drug-likeness (QED) is 0.836. The zero-order valence-electron chi connectivity index (χ0n) is 9.46. The summed E-state index contributed by atoms with van der Waals surface area (Å²) in [6.45, 7) is 0. The molecule has 0 atom stereocenters. The number of nitrogen functional groups attached to an aromatic ring is 1. The number of rotatable bonds is 3. The highest BCUT2D eigenvalue weighted by Gasteiger charge is 2.16. The third-order valence-electron chi connectivity index (χ3n) is 2.24. The summed E-state index contributed by atoms with van der Waals surface area (Å²) >= 11 is 5.79. The van der Waals surface area contributed by atoms with Crippen LogP contribution in [-0.4, -0.2) is 18.2 Å². The summed E-state index contributed by atoms with van der Waals surface area (Å²) in [4.78, 5) is 0.0468. The molecular weight excluding hydrogens is 276 g/mol. The summed E-state index contributed by atoms with van der Waals surface area (Å²) < 4.78 is 27.9. The molecule has 6 nitrogen and oxygen atoms in total. The van der Waals surface area contributed by atoms with Crippen LogP contribution in [-0.2, 0) is 17.1 Å². The number of hydrogen-bond donors (Lipinski definition) is 2. The van der Waals surface area contributed by atoms with Crippen LogP contribution in [0.15, 0.2) is 35.5 Å². The van der Waals surface area contributed by atoms with Crippen LogP contribution in [0.4, 0.5) is 11.4 Å². The second-order valence-corrected chi connectivity index (χ2v) is 5.78. The number of nitrogens with zero attached hydrogens (tertiary/aromatic N) is 2. The molecule has 8 heteroatoms. The first-order chi connectivity index (χ1) is 8.38. The minimum absolute atomic E-state index is 0.0468. The summed E-state index contributed by atoms with van der Waals surface area (Å²) in [6, 6.07) is 4.13. The van der Waals surface area contributed by atoms with E-state index in [4.69, 9.17) is 17.3 Å². The molecule has 1 aromatic heterocycles. The van der Waals surface area contributed by atoms with Gasteiger partial charge in [-0.15, -0.1) is 0 Å². The average molecular weight is 287 g/mol. The Morgan fingerprint density at radius 3 is 2.72 bits per heavy atom. The van der Waals surface area contributed by atoms with Gasteiger partial charge in [-0.25, -0.2) is 8.42 Å². The first kappa shape index (κ1) is 12.7. The van der Waals surface area contributed by atoms with E-state index in [2.05, 4.69) is 9.82 Å². The lowest BCUT2D eigenvalue weighted by molar-refractivity contribution is 0.601. The Kier molecular flexibility index (Phi) is 3.18. The van der Waals surface area contributed by atoms with Crippen molar-refractivity contribution in [2.24, 2.45) is 7.05 Å². The molecule has 0 radical (unpaired) electrons. The third kappa shape index (κ3) is 2.57. The van der Waals surface area contributed by atoms with Crippen LogP contribution in [0.25, 0.3) is 0 Å². The fourth-order valence-corrected chi connectivity index (χ4v) is 2.66. The molecule has 0 bridgehead atoms. The smallest absolute Gasteiger partial charge is 0.262 e. The molecule has 0 aliphatic carbocycles. The Morgan fingerprint density at radius 1 is 1.44 bits per heavy atom. The number of nitrogens with one attached hydrogen (secondary N) is 1. The van der Waals surface area contributed by atoms with Crippen LogP contribution in [0.1, 0.15) is 0 Å². The Labute approximate surface area is 109 Å². The van der Waals surface area contributed by atoms with Gasteiger partial charge in [-0.2, -0.15) is 5.10 Å². The van der Waals surface area contributed by atoms with Crippen LogP contribution >= 0.6 is 11.6 Å². The molecule has 96 valence electrons. The van der Waals surface area contributed by atoms with Gasteiger partial charge in [0.25, 0.3) is 10.0 Å². The van der Waals surface area contributed by atoms with Crippen molar-refractivity contribution in [2.45, 2.75) is 4.90 Å². The van der Waals surface area contributed by atoms with Crippen LogP contribution in [0.5, 0.6) is 0 Å². The zero-order valence-corrected chi connectivity index (χ0v) is 11.0. The molecule has 0 aliphatic rings. The van der Waals surface area contributed by atoms with Crippen molar-refractivity contribution in [1.29, 1.82) is 0 Å². The zero-order chi connectivity index (χ0) is 13.3. The highest BCUT2D eigenvalue weighted by Crippen LogP contribution is 2.23. The van der Waals surface area contributed by atoms with Crippen LogP contribution in [0, 0.1) is 0 Å². The fraction of sp³-hybridized carbons (Fsp3) is 0.100. The third-order valence-corrected chi connectivity index (χ3v) is 3.95. The highest BCUT2D eigenvalue weighted by molar-refractivity contribution is 7.92. The maximum Gasteiger partial charge on any atom is 0.262 e. The minimum Gasteiger partial charge on any atom is -0.398 e. The van der Waals surface area contributed by atoms with Gasteiger partial charge < -0.3 is 5.73 Å². The normalized spacial score (nSPS) is 11.4. The van der Waals surface area contributed by atoms with Gasteiger partial charge in [-0.3, -0.25) is 9.40 Å². The standard InChI is InChI=1S/C10H11ClN4O2S/c1-15-6-7(5-13-15)14-18(16,17)8-2-3-10(12)9(11)4-8/h2-6,14H,12H2,1H3. The number of aromatic nitrogens is 2. The number of aryl methyl sites for hydroxylation is 1. The Bertz CT molecular complexity index is 681. The van der Waals surface area contributed by atoms with Crippen molar-refractivity contribution in [3.05, 3.63) is 35.6 Å². The second kappa shape index (κ2) is 4.51. The van der Waals surface area contributed by atoms with Crippen molar-refractivity contribution in [1.82, 2.24) is 9.78 Å². The fourth-order valence-electron chi connectivity index (χ4n) is 1.36. The van der Waals surface area contributed by atoms with Crippen molar-refractivity contribution >= 4 is 33.0 Å². The molecular formula is C10H11ClN4O2S. The van der Waals surface area contributed by atoms with Crippen molar-refractivity contribution in [3.8, 4) is 0 Å². The maximum absolute atomic E-state index is 12.0. The van der Waals surface area contributed by atoms with Crippen molar-refractivity contribution < 1.29 is 8.42 Å². The molecule has 1 heterocycles.